The lowest BCUT2D eigenvalue weighted by Gasteiger charge is -2.25. The number of hydrogen-bond acceptors (Lipinski definition) is 6. The Kier molecular flexibility index (Phi) is 6.09. The lowest BCUT2D eigenvalue weighted by Crippen LogP contribution is -2.35. The summed E-state index contributed by atoms with van der Waals surface area (Å²) in [5, 5.41) is 2.87. The first-order valence-corrected chi connectivity index (χ1v) is 13.2. The lowest BCUT2D eigenvalue weighted by atomic mass is 10.1. The molecule has 2 aliphatic rings. The van der Waals surface area contributed by atoms with E-state index in [-0.39, 0.29) is 5.91 Å². The fraction of sp³-hybridized carbons (Fsp3) is 0.292. The van der Waals surface area contributed by atoms with Crippen molar-refractivity contribution < 1.29 is 22.7 Å². The van der Waals surface area contributed by atoms with Crippen molar-refractivity contribution in [2.45, 2.75) is 23.5 Å². The number of ether oxygens (including phenoxy) is 2. The van der Waals surface area contributed by atoms with Crippen molar-refractivity contribution in [1.82, 2.24) is 4.31 Å². The first-order chi connectivity index (χ1) is 16.0. The Morgan fingerprint density at radius 2 is 1.61 bits per heavy atom. The fourth-order valence-electron chi connectivity index (χ4n) is 3.96. The van der Waals surface area contributed by atoms with Gasteiger partial charge >= 0.3 is 0 Å². The van der Waals surface area contributed by atoms with Gasteiger partial charge in [-0.2, -0.15) is 4.31 Å². The van der Waals surface area contributed by atoms with Crippen LogP contribution in [0.3, 0.4) is 0 Å². The maximum atomic E-state index is 12.9. The predicted molar refractivity (Wildman–Crippen MR) is 128 cm³/mol. The minimum Gasteiger partial charge on any atom is -0.486 e. The normalized spacial score (nSPS) is 16.4. The molecule has 0 spiro atoms. The van der Waals surface area contributed by atoms with Crippen molar-refractivity contribution in [3.8, 4) is 21.9 Å². The number of anilines is 1. The molecular weight excluding hydrogens is 460 g/mol. The molecule has 0 aliphatic carbocycles. The smallest absolute Gasteiger partial charge is 0.255 e. The molecule has 1 saturated heterocycles. The van der Waals surface area contributed by atoms with Gasteiger partial charge in [0.15, 0.2) is 11.5 Å². The van der Waals surface area contributed by atoms with E-state index in [1.807, 2.05) is 18.2 Å². The highest BCUT2D eigenvalue weighted by atomic mass is 32.2. The van der Waals surface area contributed by atoms with Crippen molar-refractivity contribution in [3.05, 3.63) is 60.2 Å². The molecule has 33 heavy (non-hydrogen) atoms. The van der Waals surface area contributed by atoms with Gasteiger partial charge < -0.3 is 14.8 Å². The first-order valence-electron chi connectivity index (χ1n) is 10.9. The van der Waals surface area contributed by atoms with E-state index in [1.165, 1.54) is 11.3 Å². The van der Waals surface area contributed by atoms with Crippen LogP contribution in [-0.2, 0) is 10.0 Å². The molecule has 1 aromatic heterocycles. The van der Waals surface area contributed by atoms with Crippen LogP contribution in [0.4, 0.5) is 5.69 Å². The number of sulfonamides is 1. The summed E-state index contributed by atoms with van der Waals surface area (Å²) in [4.78, 5) is 13.5. The number of nitrogens with zero attached hydrogens (tertiary/aromatic N) is 1. The molecule has 0 unspecified atom stereocenters. The molecule has 9 heteroatoms. The number of amides is 1. The molecule has 1 N–H and O–H groups in total. The summed E-state index contributed by atoms with van der Waals surface area (Å²) in [7, 11) is -3.44. The fourth-order valence-corrected chi connectivity index (χ4v) is 6.94. The average molecular weight is 485 g/mol. The van der Waals surface area contributed by atoms with Crippen molar-refractivity contribution in [2.24, 2.45) is 0 Å². The predicted octanol–water partition coefficient (Wildman–Crippen LogP) is 4.61. The molecule has 5 rings (SSSR count). The topological polar surface area (TPSA) is 84.9 Å². The molecule has 1 fully saturated rings. The van der Waals surface area contributed by atoms with E-state index in [9.17, 15) is 13.2 Å². The summed E-state index contributed by atoms with van der Waals surface area (Å²) in [5.74, 6) is 1.04. The van der Waals surface area contributed by atoms with Crippen LogP contribution >= 0.6 is 11.3 Å². The number of carbonyl (C=O) groups excluding carboxylic acids is 1. The Bertz CT molecular complexity index is 1260. The number of piperidine rings is 1. The summed E-state index contributed by atoms with van der Waals surface area (Å²) < 4.78 is 38.8. The zero-order chi connectivity index (χ0) is 22.8. The Hall–Kier alpha value is -2.88. The number of nitrogens with one attached hydrogen (secondary N) is 1. The summed E-state index contributed by atoms with van der Waals surface area (Å²) in [6.45, 7) is 2.17. The van der Waals surface area contributed by atoms with Gasteiger partial charge in [-0.15, -0.1) is 11.3 Å². The van der Waals surface area contributed by atoms with E-state index in [0.29, 0.717) is 53.3 Å². The van der Waals surface area contributed by atoms with E-state index in [2.05, 4.69) is 5.32 Å². The molecule has 3 aromatic rings. The highest BCUT2D eigenvalue weighted by Crippen LogP contribution is 2.34. The van der Waals surface area contributed by atoms with Crippen molar-refractivity contribution in [1.29, 1.82) is 0 Å². The van der Waals surface area contributed by atoms with E-state index >= 15 is 0 Å². The number of fused-ring (bicyclic) bond motifs is 1. The van der Waals surface area contributed by atoms with Gasteiger partial charge in [0.2, 0.25) is 0 Å². The molecule has 0 radical (unpaired) electrons. The average Bonchev–Trinajstić information content (AvgIpc) is 3.36. The van der Waals surface area contributed by atoms with Crippen LogP contribution in [-0.4, -0.2) is 44.9 Å². The standard InChI is InChI=1S/C24H24N2O5S2/c27-24(25-19-8-9-20-21(16-19)31-15-14-30-20)18-6-4-17(5-7-18)22-10-11-23(32-22)33(28,29)26-12-2-1-3-13-26/h4-11,16H,1-3,12-15H2,(H,25,27). The number of rotatable bonds is 5. The molecule has 2 aromatic carbocycles. The minimum atomic E-state index is -3.44. The van der Waals surface area contributed by atoms with Gasteiger partial charge in [-0.05, 0) is 54.8 Å². The molecule has 2 aliphatic heterocycles. The van der Waals surface area contributed by atoms with Gasteiger partial charge in [0.1, 0.15) is 17.4 Å². The van der Waals surface area contributed by atoms with Crippen LogP contribution in [0.15, 0.2) is 58.8 Å². The molecule has 7 nitrogen and oxygen atoms in total. The second-order valence-corrected chi connectivity index (χ2v) is 11.2. The second-order valence-electron chi connectivity index (χ2n) is 7.97. The molecule has 0 bridgehead atoms. The highest BCUT2D eigenvalue weighted by Gasteiger charge is 2.27. The van der Waals surface area contributed by atoms with Gasteiger partial charge in [-0.1, -0.05) is 18.6 Å². The number of carbonyl (C=O) groups is 1. The SMILES string of the molecule is O=C(Nc1ccc2c(c1)OCCO2)c1ccc(-c2ccc(S(=O)(=O)N3CCCCC3)s2)cc1. The van der Waals surface area contributed by atoms with Crippen molar-refractivity contribution in [3.63, 3.8) is 0 Å². The van der Waals surface area contributed by atoms with Gasteiger partial charge in [0.25, 0.3) is 15.9 Å². The van der Waals surface area contributed by atoms with Gasteiger partial charge in [0, 0.05) is 35.3 Å². The third kappa shape index (κ3) is 4.62. The summed E-state index contributed by atoms with van der Waals surface area (Å²) in [6.07, 6.45) is 2.90. The number of benzene rings is 2. The maximum Gasteiger partial charge on any atom is 0.255 e. The van der Waals surface area contributed by atoms with Crippen LogP contribution in [0, 0.1) is 0 Å². The van der Waals surface area contributed by atoms with Crippen molar-refractivity contribution in [2.75, 3.05) is 31.6 Å². The zero-order valence-corrected chi connectivity index (χ0v) is 19.6. The monoisotopic (exact) mass is 484 g/mol. The van der Waals surface area contributed by atoms with E-state index in [0.717, 1.165) is 29.7 Å². The lowest BCUT2D eigenvalue weighted by molar-refractivity contribution is 0.102. The van der Waals surface area contributed by atoms with E-state index in [4.69, 9.17) is 9.47 Å². The van der Waals surface area contributed by atoms with Gasteiger partial charge in [0.05, 0.1) is 0 Å². The Labute approximate surface area is 197 Å². The molecule has 0 atom stereocenters. The molecule has 1 amide bonds. The highest BCUT2D eigenvalue weighted by molar-refractivity contribution is 7.91. The van der Waals surface area contributed by atoms with E-state index < -0.39 is 10.0 Å². The van der Waals surface area contributed by atoms with Crippen LogP contribution in [0.2, 0.25) is 0 Å². The number of thiophene rings is 1. The van der Waals surface area contributed by atoms with Gasteiger partial charge in [-0.25, -0.2) is 8.42 Å². The third-order valence-corrected chi connectivity index (χ3v) is 9.22. The Morgan fingerprint density at radius 3 is 2.36 bits per heavy atom. The van der Waals surface area contributed by atoms with Crippen LogP contribution < -0.4 is 14.8 Å². The van der Waals surface area contributed by atoms with E-state index in [1.54, 1.807) is 40.7 Å². The Morgan fingerprint density at radius 1 is 0.879 bits per heavy atom. The minimum absolute atomic E-state index is 0.238. The van der Waals surface area contributed by atoms with Gasteiger partial charge in [-0.3, -0.25) is 4.79 Å². The molecule has 0 saturated carbocycles. The van der Waals surface area contributed by atoms with Crippen LogP contribution in [0.25, 0.3) is 10.4 Å². The Balaban J connectivity index is 1.28. The molecular formula is C24H24N2O5S2. The quantitative estimate of drug-likeness (QED) is 0.572. The second kappa shape index (κ2) is 9.17. The largest absolute Gasteiger partial charge is 0.486 e. The summed E-state index contributed by atoms with van der Waals surface area (Å²) in [5.41, 5.74) is 2.00. The molecule has 172 valence electrons. The maximum absolute atomic E-state index is 12.9. The summed E-state index contributed by atoms with van der Waals surface area (Å²) >= 11 is 1.26. The van der Waals surface area contributed by atoms with Crippen LogP contribution in [0.5, 0.6) is 11.5 Å². The summed E-state index contributed by atoms with van der Waals surface area (Å²) in [6, 6.07) is 15.9. The number of hydrogen-bond donors (Lipinski definition) is 1. The first kappa shape index (κ1) is 21.9. The van der Waals surface area contributed by atoms with Crippen molar-refractivity contribution >= 4 is 33.0 Å². The van der Waals surface area contributed by atoms with Crippen LogP contribution in [0.1, 0.15) is 29.6 Å². The molecule has 3 heterocycles. The third-order valence-electron chi connectivity index (χ3n) is 5.72. The zero-order valence-electron chi connectivity index (χ0n) is 18.0.